The van der Waals surface area contributed by atoms with E-state index in [1.54, 1.807) is 25.3 Å². The lowest BCUT2D eigenvalue weighted by Crippen LogP contribution is -2.49. The number of carbonyl (C=O) groups excluding carboxylic acids is 2. The highest BCUT2D eigenvalue weighted by atomic mass is 16.6. The van der Waals surface area contributed by atoms with Gasteiger partial charge in [0.25, 0.3) is 0 Å². The molecule has 0 unspecified atom stereocenters. The van der Waals surface area contributed by atoms with Gasteiger partial charge in [-0.15, -0.1) is 0 Å². The van der Waals surface area contributed by atoms with Crippen molar-refractivity contribution in [3.8, 4) is 23.3 Å². The maximum absolute atomic E-state index is 11.9. The molecule has 1 fully saturated rings. The number of benzene rings is 3. The summed E-state index contributed by atoms with van der Waals surface area (Å²) in [5.41, 5.74) is 8.02. The average molecular weight is 553 g/mol. The third-order valence-electron chi connectivity index (χ3n) is 6.60. The number of rotatable bonds is 5. The first-order valence-corrected chi connectivity index (χ1v) is 12.9. The van der Waals surface area contributed by atoms with E-state index in [9.17, 15) is 14.7 Å². The van der Waals surface area contributed by atoms with E-state index in [1.165, 1.54) is 11.2 Å². The number of nitrogens with two attached hydrogens (primary N) is 1. The molecule has 11 heteroatoms. The van der Waals surface area contributed by atoms with Crippen LogP contribution in [0.1, 0.15) is 5.56 Å². The number of hydrogen-bond acceptors (Lipinski definition) is 9. The lowest BCUT2D eigenvalue weighted by molar-refractivity contribution is 0.0975. The van der Waals surface area contributed by atoms with Crippen molar-refractivity contribution in [1.29, 1.82) is 0 Å². The Bertz CT molecular complexity index is 1630. The highest BCUT2D eigenvalue weighted by Gasteiger charge is 2.23. The molecule has 208 valence electrons. The van der Waals surface area contributed by atoms with E-state index in [0.29, 0.717) is 50.0 Å². The van der Waals surface area contributed by atoms with Crippen LogP contribution in [0.5, 0.6) is 11.5 Å². The number of amides is 2. The van der Waals surface area contributed by atoms with Gasteiger partial charge < -0.3 is 25.2 Å². The van der Waals surface area contributed by atoms with Gasteiger partial charge in [0.1, 0.15) is 23.6 Å². The molecule has 41 heavy (non-hydrogen) atoms. The molecule has 11 nitrogen and oxygen atoms in total. The Morgan fingerprint density at radius 3 is 2.54 bits per heavy atom. The Balaban J connectivity index is 1.42. The van der Waals surface area contributed by atoms with Gasteiger partial charge in [-0.05, 0) is 42.5 Å². The second-order valence-corrected chi connectivity index (χ2v) is 9.21. The summed E-state index contributed by atoms with van der Waals surface area (Å²) < 4.78 is 10.1. The number of ether oxygens (including phenoxy) is 2. The van der Waals surface area contributed by atoms with Crippen LogP contribution in [0.2, 0.25) is 0 Å². The van der Waals surface area contributed by atoms with E-state index in [1.807, 2.05) is 53.4 Å². The Morgan fingerprint density at radius 2 is 1.80 bits per heavy atom. The molecule has 3 aromatic carbocycles. The Labute approximate surface area is 236 Å². The van der Waals surface area contributed by atoms with Crippen LogP contribution < -0.4 is 15.4 Å². The van der Waals surface area contributed by atoms with Crippen LogP contribution in [-0.4, -0.2) is 76.9 Å². The molecule has 0 aliphatic carbocycles. The summed E-state index contributed by atoms with van der Waals surface area (Å²) in [6, 6.07) is 20.5. The third-order valence-corrected chi connectivity index (χ3v) is 6.60. The largest absolute Gasteiger partial charge is 0.508 e. The SMILES string of the molecule is COc1cc(O)ccc1N(c1ccccc1)c1ncnc2ccc(C#CCN3CCN(C(=O)OC(N)=O)CC3)cc12. The molecule has 0 saturated carbocycles. The predicted octanol–water partition coefficient (Wildman–Crippen LogP) is 4.00. The second kappa shape index (κ2) is 12.2. The van der Waals surface area contributed by atoms with E-state index in [-0.39, 0.29) is 5.75 Å². The van der Waals surface area contributed by atoms with Crippen molar-refractivity contribution in [2.75, 3.05) is 44.7 Å². The lowest BCUT2D eigenvalue weighted by atomic mass is 10.1. The quantitative estimate of drug-likeness (QED) is 0.278. The van der Waals surface area contributed by atoms with Gasteiger partial charge in [-0.1, -0.05) is 30.0 Å². The van der Waals surface area contributed by atoms with Gasteiger partial charge in [-0.3, -0.25) is 9.80 Å². The zero-order valence-corrected chi connectivity index (χ0v) is 22.4. The Morgan fingerprint density at radius 1 is 1.02 bits per heavy atom. The number of phenols is 1. The zero-order valence-electron chi connectivity index (χ0n) is 22.4. The van der Waals surface area contributed by atoms with Crippen molar-refractivity contribution in [3.63, 3.8) is 0 Å². The van der Waals surface area contributed by atoms with Crippen molar-refractivity contribution < 1.29 is 24.2 Å². The normalized spacial score (nSPS) is 13.2. The monoisotopic (exact) mass is 552 g/mol. The summed E-state index contributed by atoms with van der Waals surface area (Å²) in [5.74, 6) is 7.65. The molecular weight excluding hydrogens is 524 g/mol. The highest BCUT2D eigenvalue weighted by Crippen LogP contribution is 2.42. The van der Waals surface area contributed by atoms with E-state index in [4.69, 9.17) is 10.5 Å². The first-order chi connectivity index (χ1) is 19.9. The number of anilines is 3. The maximum Gasteiger partial charge on any atom is 0.418 e. The lowest BCUT2D eigenvalue weighted by Gasteiger charge is -2.32. The van der Waals surface area contributed by atoms with Crippen molar-refractivity contribution in [2.45, 2.75) is 0 Å². The molecule has 0 radical (unpaired) electrons. The molecule has 0 atom stereocenters. The van der Waals surface area contributed by atoms with E-state index in [2.05, 4.69) is 31.4 Å². The van der Waals surface area contributed by atoms with Crippen LogP contribution in [0, 0.1) is 11.8 Å². The number of phenolic OH excluding ortho intramolecular Hbond substituents is 1. The fourth-order valence-electron chi connectivity index (χ4n) is 4.60. The second-order valence-electron chi connectivity index (χ2n) is 9.21. The number of carbonyl (C=O) groups is 2. The molecule has 2 heterocycles. The molecule has 1 saturated heterocycles. The number of aromatic nitrogens is 2. The van der Waals surface area contributed by atoms with Crippen LogP contribution >= 0.6 is 0 Å². The van der Waals surface area contributed by atoms with Gasteiger partial charge in [-0.2, -0.15) is 0 Å². The average Bonchev–Trinajstić information content (AvgIpc) is 2.98. The first-order valence-electron chi connectivity index (χ1n) is 12.9. The number of para-hydroxylation sites is 1. The van der Waals surface area contributed by atoms with Crippen LogP contribution in [-0.2, 0) is 4.74 Å². The highest BCUT2D eigenvalue weighted by molar-refractivity contribution is 5.96. The molecule has 1 aliphatic rings. The summed E-state index contributed by atoms with van der Waals surface area (Å²) in [4.78, 5) is 37.3. The molecule has 4 aromatic rings. The number of aromatic hydroxyl groups is 1. The van der Waals surface area contributed by atoms with Crippen molar-refractivity contribution in [2.24, 2.45) is 5.73 Å². The summed E-state index contributed by atoms with van der Waals surface area (Å²) in [7, 11) is 1.56. The van der Waals surface area contributed by atoms with Gasteiger partial charge in [0.2, 0.25) is 0 Å². The molecule has 1 aliphatic heterocycles. The fraction of sp³-hybridized carbons (Fsp3) is 0.200. The Hall–Kier alpha value is -5.34. The van der Waals surface area contributed by atoms with Crippen LogP contribution in [0.4, 0.5) is 26.8 Å². The smallest absolute Gasteiger partial charge is 0.418 e. The molecule has 1 aromatic heterocycles. The zero-order chi connectivity index (χ0) is 28.8. The number of methoxy groups -OCH3 is 1. The van der Waals surface area contributed by atoms with E-state index >= 15 is 0 Å². The van der Waals surface area contributed by atoms with Crippen LogP contribution in [0.25, 0.3) is 10.9 Å². The summed E-state index contributed by atoms with van der Waals surface area (Å²) in [6.45, 7) is 2.54. The van der Waals surface area contributed by atoms with Crippen molar-refractivity contribution in [1.82, 2.24) is 19.8 Å². The number of fused-ring (bicyclic) bond motifs is 1. The topological polar surface area (TPSA) is 134 Å². The number of hydrogen-bond donors (Lipinski definition) is 2. The number of nitrogens with zero attached hydrogens (tertiary/aromatic N) is 5. The van der Waals surface area contributed by atoms with Gasteiger partial charge in [0, 0.05) is 48.9 Å². The minimum absolute atomic E-state index is 0.0933. The molecule has 2 amide bonds. The predicted molar refractivity (Wildman–Crippen MR) is 153 cm³/mol. The maximum atomic E-state index is 11.9. The summed E-state index contributed by atoms with van der Waals surface area (Å²) >= 11 is 0. The molecule has 5 rings (SSSR count). The van der Waals surface area contributed by atoms with Crippen LogP contribution in [0.3, 0.4) is 0 Å². The standard InChI is InChI=1S/C30H28N6O5/c1-40-27-19-23(37)10-12-26(27)36(22-7-3-2-4-8-22)28-24-18-21(9-11-25(24)32-20-33-28)6-5-13-34-14-16-35(17-15-34)30(39)41-29(31)38/h2-4,7-12,18-20,37H,13-17H2,1H3,(H2,31,38). The number of primary amides is 1. The first kappa shape index (κ1) is 27.2. The summed E-state index contributed by atoms with van der Waals surface area (Å²) in [5, 5.41) is 10.9. The van der Waals surface area contributed by atoms with Gasteiger partial charge in [0.05, 0.1) is 24.9 Å². The van der Waals surface area contributed by atoms with E-state index in [0.717, 1.165) is 22.2 Å². The Kier molecular flexibility index (Phi) is 8.13. The molecule has 0 bridgehead atoms. The van der Waals surface area contributed by atoms with Crippen molar-refractivity contribution >= 4 is 40.3 Å². The van der Waals surface area contributed by atoms with Crippen molar-refractivity contribution in [3.05, 3.63) is 78.6 Å². The van der Waals surface area contributed by atoms with Gasteiger partial charge in [-0.25, -0.2) is 19.6 Å². The number of piperazine rings is 1. The van der Waals surface area contributed by atoms with Crippen LogP contribution in [0.15, 0.2) is 73.1 Å². The molecular formula is C30H28N6O5. The molecule has 0 spiro atoms. The summed E-state index contributed by atoms with van der Waals surface area (Å²) in [6.07, 6.45) is -0.321. The van der Waals surface area contributed by atoms with Gasteiger partial charge >= 0.3 is 12.2 Å². The van der Waals surface area contributed by atoms with Gasteiger partial charge in [0.15, 0.2) is 0 Å². The fourth-order valence-corrected chi connectivity index (χ4v) is 4.60. The molecule has 3 N–H and O–H groups in total. The van der Waals surface area contributed by atoms with E-state index < -0.39 is 12.2 Å². The third kappa shape index (κ3) is 6.29. The minimum Gasteiger partial charge on any atom is -0.508 e. The minimum atomic E-state index is -1.11.